The largest absolute Gasteiger partial charge is 0.469 e. The number of ether oxygens (including phenoxy) is 3. The minimum absolute atomic E-state index is 0.127. The minimum atomic E-state index is -0.884. The molecule has 0 unspecified atom stereocenters. The van der Waals surface area contributed by atoms with E-state index < -0.39 is 29.7 Å². The Labute approximate surface area is 223 Å². The van der Waals surface area contributed by atoms with Crippen molar-refractivity contribution in [2.24, 2.45) is 0 Å². The van der Waals surface area contributed by atoms with Crippen molar-refractivity contribution in [2.75, 3.05) is 13.7 Å². The van der Waals surface area contributed by atoms with Crippen molar-refractivity contribution < 1.29 is 33.4 Å². The van der Waals surface area contributed by atoms with Crippen LogP contribution in [0.3, 0.4) is 0 Å². The highest BCUT2D eigenvalue weighted by atomic mass is 16.6. The SMILES string of the molecule is COC(=O)Cc1cccc(CNC(=O)[C@H](CCCNC(=O)OCc2ccccc2)NC(=O)OC(C)(C)C)c1. The van der Waals surface area contributed by atoms with Gasteiger partial charge in [-0.05, 0) is 50.3 Å². The molecule has 206 valence electrons. The van der Waals surface area contributed by atoms with E-state index in [4.69, 9.17) is 14.2 Å². The van der Waals surface area contributed by atoms with Crippen molar-refractivity contribution in [1.29, 1.82) is 0 Å². The second-order valence-corrected chi connectivity index (χ2v) is 9.62. The molecule has 0 saturated heterocycles. The van der Waals surface area contributed by atoms with E-state index in [0.717, 1.165) is 16.7 Å². The standard InChI is InChI=1S/C28H37N3O7/c1-28(2,3)38-27(35)31-23(14-9-15-29-26(34)37-19-20-10-6-5-7-11-20)25(33)30-18-22-13-8-12-21(16-22)17-24(32)36-4/h5-8,10-13,16,23H,9,14-15,17-19H2,1-4H3,(H,29,34)(H,30,33)(H,31,35)/t23-/m0/s1. The molecule has 0 heterocycles. The van der Waals surface area contributed by atoms with Gasteiger partial charge in [0.05, 0.1) is 13.5 Å². The van der Waals surface area contributed by atoms with Crippen LogP contribution in [-0.4, -0.2) is 49.4 Å². The Balaban J connectivity index is 1.88. The third-order valence-corrected chi connectivity index (χ3v) is 5.19. The fraction of sp³-hybridized carbons (Fsp3) is 0.429. The molecule has 10 nitrogen and oxygen atoms in total. The molecule has 3 N–H and O–H groups in total. The highest BCUT2D eigenvalue weighted by Gasteiger charge is 2.24. The average Bonchev–Trinajstić information content (AvgIpc) is 2.87. The molecule has 0 spiro atoms. The predicted octanol–water partition coefficient (Wildman–Crippen LogP) is 3.62. The molecule has 38 heavy (non-hydrogen) atoms. The molecule has 0 aliphatic heterocycles. The molecule has 1 atom stereocenters. The lowest BCUT2D eigenvalue weighted by atomic mass is 10.1. The normalized spacial score (nSPS) is 11.6. The van der Waals surface area contributed by atoms with Crippen LogP contribution in [0.2, 0.25) is 0 Å². The molecule has 0 radical (unpaired) electrons. The van der Waals surface area contributed by atoms with Crippen LogP contribution < -0.4 is 16.0 Å². The van der Waals surface area contributed by atoms with Crippen LogP contribution in [-0.2, 0) is 43.4 Å². The van der Waals surface area contributed by atoms with Crippen molar-refractivity contribution in [3.8, 4) is 0 Å². The first-order valence-corrected chi connectivity index (χ1v) is 12.4. The van der Waals surface area contributed by atoms with Gasteiger partial charge in [0.25, 0.3) is 0 Å². The Kier molecular flexibility index (Phi) is 12.1. The maximum atomic E-state index is 12.9. The number of rotatable bonds is 12. The molecule has 2 rings (SSSR count). The monoisotopic (exact) mass is 527 g/mol. The highest BCUT2D eigenvalue weighted by Crippen LogP contribution is 2.10. The summed E-state index contributed by atoms with van der Waals surface area (Å²) >= 11 is 0. The number of nitrogens with one attached hydrogen (secondary N) is 3. The maximum Gasteiger partial charge on any atom is 0.408 e. The quantitative estimate of drug-likeness (QED) is 0.218. The Hall–Kier alpha value is -4.08. The number of hydrogen-bond donors (Lipinski definition) is 3. The topological polar surface area (TPSA) is 132 Å². The van der Waals surface area contributed by atoms with Gasteiger partial charge in [-0.15, -0.1) is 0 Å². The van der Waals surface area contributed by atoms with E-state index in [-0.39, 0.29) is 38.5 Å². The van der Waals surface area contributed by atoms with E-state index in [9.17, 15) is 19.2 Å². The first-order valence-electron chi connectivity index (χ1n) is 12.4. The van der Waals surface area contributed by atoms with Crippen LogP contribution in [0.4, 0.5) is 9.59 Å². The first-order chi connectivity index (χ1) is 18.1. The molecular weight excluding hydrogens is 490 g/mol. The van der Waals surface area contributed by atoms with Crippen LogP contribution >= 0.6 is 0 Å². The molecular formula is C28H37N3O7. The summed E-state index contributed by atoms with van der Waals surface area (Å²) in [4.78, 5) is 48.8. The van der Waals surface area contributed by atoms with Crippen molar-refractivity contribution in [3.05, 3.63) is 71.3 Å². The molecule has 3 amide bonds. The maximum absolute atomic E-state index is 12.9. The third-order valence-electron chi connectivity index (χ3n) is 5.19. The van der Waals surface area contributed by atoms with Crippen molar-refractivity contribution in [3.63, 3.8) is 0 Å². The number of hydrogen-bond acceptors (Lipinski definition) is 7. The summed E-state index contributed by atoms with van der Waals surface area (Å²) in [6.07, 6.45) is -0.494. The minimum Gasteiger partial charge on any atom is -0.469 e. The van der Waals surface area contributed by atoms with Gasteiger partial charge in [-0.3, -0.25) is 9.59 Å². The summed E-state index contributed by atoms with van der Waals surface area (Å²) < 4.78 is 15.2. The molecule has 10 heteroatoms. The van der Waals surface area contributed by atoms with Crippen molar-refractivity contribution in [2.45, 2.75) is 64.8 Å². The van der Waals surface area contributed by atoms with Gasteiger partial charge in [-0.1, -0.05) is 54.6 Å². The number of carbonyl (C=O) groups excluding carboxylic acids is 4. The van der Waals surface area contributed by atoms with Crippen LogP contribution in [0, 0.1) is 0 Å². The molecule has 0 saturated carbocycles. The molecule has 0 aromatic heterocycles. The van der Waals surface area contributed by atoms with Gasteiger partial charge in [0.2, 0.25) is 5.91 Å². The van der Waals surface area contributed by atoms with Gasteiger partial charge in [0.15, 0.2) is 0 Å². The molecule has 0 fully saturated rings. The van der Waals surface area contributed by atoms with Gasteiger partial charge in [0.1, 0.15) is 18.2 Å². The Bertz CT molecular complexity index is 1070. The van der Waals surface area contributed by atoms with E-state index in [1.807, 2.05) is 36.4 Å². The summed E-state index contributed by atoms with van der Waals surface area (Å²) in [6, 6.07) is 15.6. The zero-order valence-corrected chi connectivity index (χ0v) is 22.4. The van der Waals surface area contributed by atoms with Crippen LogP contribution in [0.25, 0.3) is 0 Å². The summed E-state index contributed by atoms with van der Waals surface area (Å²) in [5.74, 6) is -0.758. The molecule has 2 aromatic rings. The fourth-order valence-corrected chi connectivity index (χ4v) is 3.39. The fourth-order valence-electron chi connectivity index (χ4n) is 3.39. The first kappa shape index (κ1) is 30.1. The Morgan fingerprint density at radius 1 is 0.868 bits per heavy atom. The molecule has 0 aliphatic rings. The summed E-state index contributed by atoms with van der Waals surface area (Å²) in [6.45, 7) is 5.79. The Morgan fingerprint density at radius 2 is 1.55 bits per heavy atom. The molecule has 0 aliphatic carbocycles. The third kappa shape index (κ3) is 12.2. The summed E-state index contributed by atoms with van der Waals surface area (Å²) in [5, 5.41) is 8.07. The molecule has 0 bridgehead atoms. The average molecular weight is 528 g/mol. The smallest absolute Gasteiger partial charge is 0.408 e. The Morgan fingerprint density at radius 3 is 2.24 bits per heavy atom. The van der Waals surface area contributed by atoms with Gasteiger partial charge < -0.3 is 30.2 Å². The van der Waals surface area contributed by atoms with Crippen molar-refractivity contribution in [1.82, 2.24) is 16.0 Å². The van der Waals surface area contributed by atoms with Gasteiger partial charge in [-0.25, -0.2) is 9.59 Å². The van der Waals surface area contributed by atoms with Crippen LogP contribution in [0.1, 0.15) is 50.3 Å². The second kappa shape index (κ2) is 15.2. The number of amides is 3. The number of methoxy groups -OCH3 is 1. The number of alkyl carbamates (subject to hydrolysis) is 2. The van der Waals surface area contributed by atoms with Gasteiger partial charge in [-0.2, -0.15) is 0 Å². The van der Waals surface area contributed by atoms with E-state index >= 15 is 0 Å². The zero-order valence-electron chi connectivity index (χ0n) is 22.4. The summed E-state index contributed by atoms with van der Waals surface area (Å²) in [7, 11) is 1.33. The molecule has 2 aromatic carbocycles. The lowest BCUT2D eigenvalue weighted by Gasteiger charge is -2.23. The van der Waals surface area contributed by atoms with E-state index in [0.29, 0.717) is 6.42 Å². The summed E-state index contributed by atoms with van der Waals surface area (Å²) in [5.41, 5.74) is 1.70. The van der Waals surface area contributed by atoms with Crippen LogP contribution in [0.5, 0.6) is 0 Å². The predicted molar refractivity (Wildman–Crippen MR) is 141 cm³/mol. The number of carbonyl (C=O) groups is 4. The highest BCUT2D eigenvalue weighted by molar-refractivity contribution is 5.85. The van der Waals surface area contributed by atoms with Crippen molar-refractivity contribution >= 4 is 24.1 Å². The number of esters is 1. The van der Waals surface area contributed by atoms with Gasteiger partial charge in [0, 0.05) is 13.1 Å². The van der Waals surface area contributed by atoms with E-state index in [2.05, 4.69) is 16.0 Å². The van der Waals surface area contributed by atoms with E-state index in [1.165, 1.54) is 7.11 Å². The van der Waals surface area contributed by atoms with E-state index in [1.54, 1.807) is 39.0 Å². The van der Waals surface area contributed by atoms with Crippen LogP contribution in [0.15, 0.2) is 54.6 Å². The lowest BCUT2D eigenvalue weighted by Crippen LogP contribution is -2.48. The number of benzene rings is 2. The second-order valence-electron chi connectivity index (χ2n) is 9.62. The zero-order chi connectivity index (χ0) is 28.0. The lowest BCUT2D eigenvalue weighted by molar-refractivity contribution is -0.139. The van der Waals surface area contributed by atoms with Gasteiger partial charge >= 0.3 is 18.2 Å².